The van der Waals surface area contributed by atoms with Crippen molar-refractivity contribution in [3.63, 3.8) is 0 Å². The first-order valence-electron chi connectivity index (χ1n) is 12.3. The largest absolute Gasteiger partial charge is 0.497 e. The van der Waals surface area contributed by atoms with Gasteiger partial charge in [0.2, 0.25) is 5.88 Å². The molecule has 5 rings (SSSR count). The molecule has 0 saturated carbocycles. The highest BCUT2D eigenvalue weighted by Gasteiger charge is 2.28. The van der Waals surface area contributed by atoms with Gasteiger partial charge in [0.15, 0.2) is 0 Å². The predicted octanol–water partition coefficient (Wildman–Crippen LogP) is 3.45. The fourth-order valence-electron chi connectivity index (χ4n) is 4.13. The number of pyridine rings is 1. The zero-order valence-corrected chi connectivity index (χ0v) is 21.8. The number of nitrogens with one attached hydrogen (secondary N) is 1. The van der Waals surface area contributed by atoms with Crippen LogP contribution in [0.1, 0.15) is 22.5 Å². The van der Waals surface area contributed by atoms with Crippen LogP contribution in [-0.4, -0.2) is 45.4 Å². The van der Waals surface area contributed by atoms with Gasteiger partial charge in [-0.3, -0.25) is 14.5 Å². The summed E-state index contributed by atoms with van der Waals surface area (Å²) in [6.07, 6.45) is 5.79. The minimum absolute atomic E-state index is 0.158. The lowest BCUT2D eigenvalue weighted by molar-refractivity contribution is 0.290. The van der Waals surface area contributed by atoms with E-state index in [4.69, 9.17) is 14.2 Å². The van der Waals surface area contributed by atoms with E-state index in [1.165, 1.54) is 4.68 Å². The van der Waals surface area contributed by atoms with Crippen LogP contribution in [0, 0.1) is 12.8 Å². The Balaban J connectivity index is 1.19. The summed E-state index contributed by atoms with van der Waals surface area (Å²) in [7, 11) is 4.88. The lowest BCUT2D eigenvalue weighted by Crippen LogP contribution is -2.24. The maximum atomic E-state index is 12.7. The van der Waals surface area contributed by atoms with Gasteiger partial charge in [-0.1, -0.05) is 18.2 Å². The van der Waals surface area contributed by atoms with Gasteiger partial charge >= 0.3 is 0 Å². The third-order valence-corrected chi connectivity index (χ3v) is 6.41. The van der Waals surface area contributed by atoms with E-state index < -0.39 is 0 Å². The van der Waals surface area contributed by atoms with Crippen LogP contribution < -0.4 is 25.1 Å². The van der Waals surface area contributed by atoms with Crippen molar-refractivity contribution in [2.24, 2.45) is 13.0 Å². The average molecular weight is 515 g/mol. The highest BCUT2D eigenvalue weighted by atomic mass is 16.5. The van der Waals surface area contributed by atoms with Gasteiger partial charge in [-0.15, -0.1) is 5.10 Å². The molecule has 0 amide bonds. The number of ether oxygens (including phenoxy) is 3. The summed E-state index contributed by atoms with van der Waals surface area (Å²) in [4.78, 5) is 17.1. The lowest BCUT2D eigenvalue weighted by Gasteiger charge is -2.10. The fourth-order valence-corrected chi connectivity index (χ4v) is 4.13. The fraction of sp³-hybridized carbons (Fsp3) is 0.286. The summed E-state index contributed by atoms with van der Waals surface area (Å²) in [6.45, 7) is 3.47. The van der Waals surface area contributed by atoms with Gasteiger partial charge in [0.05, 0.1) is 38.3 Å². The molecule has 0 bridgehead atoms. The quantitative estimate of drug-likeness (QED) is 0.325. The molecule has 0 saturated heterocycles. The van der Waals surface area contributed by atoms with Crippen molar-refractivity contribution in [3.8, 4) is 17.4 Å². The van der Waals surface area contributed by atoms with Crippen molar-refractivity contribution in [2.45, 2.75) is 20.0 Å². The zero-order chi connectivity index (χ0) is 26.6. The molecule has 1 aromatic carbocycles. The second kappa shape index (κ2) is 10.8. The highest BCUT2D eigenvalue weighted by molar-refractivity contribution is 5.78. The lowest BCUT2D eigenvalue weighted by atomic mass is 10.2. The zero-order valence-electron chi connectivity index (χ0n) is 21.8. The summed E-state index contributed by atoms with van der Waals surface area (Å²) < 4.78 is 19.5. The van der Waals surface area contributed by atoms with Crippen molar-refractivity contribution in [3.05, 3.63) is 93.8 Å². The van der Waals surface area contributed by atoms with Crippen LogP contribution in [-0.2, 0) is 20.1 Å². The second-order valence-electron chi connectivity index (χ2n) is 9.09. The van der Waals surface area contributed by atoms with Crippen molar-refractivity contribution in [1.29, 1.82) is 0 Å². The SMILES string of the molecule is COc1ccc(Cn2cc(CNc3cc(OC[C@H]4C=C4c4ccc(OC)cn4)nn(C)c3=O)c(C)n2)cc1. The van der Waals surface area contributed by atoms with Crippen molar-refractivity contribution >= 4 is 11.3 Å². The Labute approximate surface area is 220 Å². The molecule has 0 radical (unpaired) electrons. The van der Waals surface area contributed by atoms with E-state index in [9.17, 15) is 4.79 Å². The number of hydrogen-bond donors (Lipinski definition) is 1. The number of aromatic nitrogens is 5. The molecule has 196 valence electrons. The summed E-state index contributed by atoms with van der Waals surface area (Å²) >= 11 is 0. The molecule has 1 atom stereocenters. The van der Waals surface area contributed by atoms with Gasteiger partial charge < -0.3 is 19.5 Å². The maximum Gasteiger partial charge on any atom is 0.290 e. The van der Waals surface area contributed by atoms with Crippen LogP contribution in [0.15, 0.2) is 65.7 Å². The van der Waals surface area contributed by atoms with E-state index in [2.05, 4.69) is 26.6 Å². The third kappa shape index (κ3) is 5.69. The first-order valence-corrected chi connectivity index (χ1v) is 12.3. The molecule has 1 N–H and O–H groups in total. The van der Waals surface area contributed by atoms with Crippen molar-refractivity contribution in [2.75, 3.05) is 26.1 Å². The van der Waals surface area contributed by atoms with E-state index in [1.807, 2.05) is 54.2 Å². The Bertz CT molecular complexity index is 1510. The Morgan fingerprint density at radius 3 is 2.50 bits per heavy atom. The van der Waals surface area contributed by atoms with Crippen LogP contribution in [0.2, 0.25) is 0 Å². The second-order valence-corrected chi connectivity index (χ2v) is 9.09. The molecule has 0 spiro atoms. The molecule has 3 heterocycles. The number of anilines is 1. The number of benzene rings is 1. The Kier molecular flexibility index (Phi) is 7.12. The van der Waals surface area contributed by atoms with E-state index in [1.54, 1.807) is 33.5 Å². The van der Waals surface area contributed by atoms with Crippen LogP contribution >= 0.6 is 0 Å². The summed E-state index contributed by atoms with van der Waals surface area (Å²) in [5.74, 6) is 2.08. The minimum Gasteiger partial charge on any atom is -0.497 e. The molecule has 1 aliphatic carbocycles. The molecular weight excluding hydrogens is 484 g/mol. The third-order valence-electron chi connectivity index (χ3n) is 6.41. The van der Waals surface area contributed by atoms with Crippen LogP contribution in [0.5, 0.6) is 17.4 Å². The predicted molar refractivity (Wildman–Crippen MR) is 144 cm³/mol. The standard InChI is InChI=1S/C28H30N6O4/c1-18-21(16-34(31-18)15-19-5-7-22(36-3)8-6-19)13-29-26-12-27(32-33(2)28(26)35)38-17-20-11-24(20)25-10-9-23(37-4)14-30-25/h5-12,14,16,20,29H,13,15,17H2,1-4H3/t20-/m1/s1. The van der Waals surface area contributed by atoms with Gasteiger partial charge in [0.1, 0.15) is 23.8 Å². The molecule has 10 nitrogen and oxygen atoms in total. The topological polar surface area (TPSA) is 105 Å². The van der Waals surface area contributed by atoms with Crippen LogP contribution in [0.3, 0.4) is 0 Å². The molecular formula is C28H30N6O4. The van der Waals surface area contributed by atoms with Crippen molar-refractivity contribution in [1.82, 2.24) is 24.5 Å². The molecule has 4 aromatic rings. The first kappa shape index (κ1) is 25.1. The minimum atomic E-state index is -0.228. The molecule has 10 heteroatoms. The maximum absolute atomic E-state index is 12.7. The Morgan fingerprint density at radius 1 is 1.03 bits per heavy atom. The monoisotopic (exact) mass is 514 g/mol. The molecule has 38 heavy (non-hydrogen) atoms. The van der Waals surface area contributed by atoms with E-state index in [0.717, 1.165) is 39.6 Å². The number of nitrogens with zero attached hydrogens (tertiary/aromatic N) is 5. The molecule has 0 fully saturated rings. The van der Waals surface area contributed by atoms with Gasteiger partial charge in [-0.05, 0) is 42.3 Å². The summed E-state index contributed by atoms with van der Waals surface area (Å²) in [5.41, 5.74) is 5.23. The van der Waals surface area contributed by atoms with Gasteiger partial charge in [-0.2, -0.15) is 5.10 Å². The number of methoxy groups -OCH3 is 2. The first-order chi connectivity index (χ1) is 18.4. The Hall–Kier alpha value is -4.60. The number of rotatable bonds is 11. The summed E-state index contributed by atoms with van der Waals surface area (Å²) in [6, 6.07) is 13.4. The van der Waals surface area contributed by atoms with Gasteiger partial charge in [-0.25, -0.2) is 4.68 Å². The van der Waals surface area contributed by atoms with Crippen LogP contribution in [0.4, 0.5) is 5.69 Å². The molecule has 1 aliphatic rings. The van der Waals surface area contributed by atoms with E-state index in [0.29, 0.717) is 31.3 Å². The highest BCUT2D eigenvalue weighted by Crippen LogP contribution is 2.37. The van der Waals surface area contributed by atoms with Crippen molar-refractivity contribution < 1.29 is 14.2 Å². The average Bonchev–Trinajstić information content (AvgIpc) is 3.63. The summed E-state index contributed by atoms with van der Waals surface area (Å²) in [5, 5.41) is 12.1. The number of aryl methyl sites for hydroxylation is 2. The molecule has 3 aromatic heterocycles. The smallest absolute Gasteiger partial charge is 0.290 e. The van der Waals surface area contributed by atoms with E-state index >= 15 is 0 Å². The normalized spacial score (nSPS) is 14.1. The number of hydrogen-bond acceptors (Lipinski definition) is 8. The van der Waals surface area contributed by atoms with Crippen LogP contribution in [0.25, 0.3) is 5.57 Å². The molecule has 0 aliphatic heterocycles. The Morgan fingerprint density at radius 2 is 1.79 bits per heavy atom. The molecule has 0 unspecified atom stereocenters. The van der Waals surface area contributed by atoms with E-state index in [-0.39, 0.29) is 11.5 Å². The van der Waals surface area contributed by atoms with Gasteiger partial charge in [0.25, 0.3) is 5.56 Å². The van der Waals surface area contributed by atoms with Gasteiger partial charge in [0, 0.05) is 37.3 Å².